The van der Waals surface area contributed by atoms with Gasteiger partial charge in [-0.25, -0.2) is 0 Å². The van der Waals surface area contributed by atoms with Crippen molar-refractivity contribution in [2.45, 2.75) is 39.5 Å². The lowest BCUT2D eigenvalue weighted by Crippen LogP contribution is -2.42. The Morgan fingerprint density at radius 1 is 1.25 bits per heavy atom. The second kappa shape index (κ2) is 10.9. The maximum Gasteiger partial charge on any atom is 0.173 e. The highest BCUT2D eigenvalue weighted by atomic mass is 32.1. The van der Waals surface area contributed by atoms with E-state index in [1.54, 1.807) is 0 Å². The number of nitrogens with one attached hydrogen (secondary N) is 1. The van der Waals surface area contributed by atoms with E-state index in [-0.39, 0.29) is 0 Å². The number of morpholine rings is 1. The van der Waals surface area contributed by atoms with E-state index in [2.05, 4.69) is 59.3 Å². The van der Waals surface area contributed by atoms with Gasteiger partial charge in [-0.15, -0.1) is 0 Å². The highest BCUT2D eigenvalue weighted by molar-refractivity contribution is 7.80. The molecule has 0 radical (unpaired) electrons. The minimum atomic E-state index is 0.701. The average Bonchev–Trinajstić information content (AvgIpc) is 2.71. The van der Waals surface area contributed by atoms with Gasteiger partial charge in [-0.2, -0.15) is 0 Å². The van der Waals surface area contributed by atoms with Gasteiger partial charge in [-0.3, -0.25) is 4.90 Å². The molecule has 0 spiro atoms. The zero-order chi connectivity index (χ0) is 19.8. The van der Waals surface area contributed by atoms with E-state index < -0.39 is 0 Å². The van der Waals surface area contributed by atoms with Crippen LogP contribution in [0.2, 0.25) is 0 Å². The summed E-state index contributed by atoms with van der Waals surface area (Å²) in [6, 6.07) is 6.50. The fourth-order valence-electron chi connectivity index (χ4n) is 3.98. The van der Waals surface area contributed by atoms with Crippen LogP contribution < -0.4 is 5.32 Å². The molecule has 0 saturated carbocycles. The number of hydrogen-bond acceptors (Lipinski definition) is 3. The Bertz CT molecular complexity index is 670. The molecule has 1 heterocycles. The average molecular weight is 402 g/mol. The van der Waals surface area contributed by atoms with E-state index in [0.29, 0.717) is 5.92 Å². The molecule has 2 aliphatic rings. The van der Waals surface area contributed by atoms with Crippen molar-refractivity contribution in [1.82, 2.24) is 9.80 Å². The molecule has 1 aromatic carbocycles. The number of thiocarbonyl (C=S) groups is 1. The van der Waals surface area contributed by atoms with Crippen molar-refractivity contribution >= 4 is 23.0 Å². The zero-order valence-electron chi connectivity index (χ0n) is 17.5. The molecule has 1 aliphatic carbocycles. The van der Waals surface area contributed by atoms with E-state index in [9.17, 15) is 0 Å². The van der Waals surface area contributed by atoms with Gasteiger partial charge in [0.25, 0.3) is 0 Å². The molecule has 4 nitrogen and oxygen atoms in total. The first-order valence-electron chi connectivity index (χ1n) is 10.7. The fraction of sp³-hybridized carbons (Fsp3) is 0.609. The van der Waals surface area contributed by atoms with Gasteiger partial charge in [-0.1, -0.05) is 24.3 Å². The standard InChI is InChI=1S/C23H35N3OS/c1-19-9-10-20(2)22(17-19)24-23(28)26(18-21-7-4-3-5-8-21)12-6-11-25-13-15-27-16-14-25/h3-4,9-10,17,21H,5-8,11-16,18H2,1-2H3,(H,24,28). The van der Waals surface area contributed by atoms with Gasteiger partial charge in [0.1, 0.15) is 0 Å². The van der Waals surface area contributed by atoms with Gasteiger partial charge in [0.05, 0.1) is 13.2 Å². The van der Waals surface area contributed by atoms with Crippen molar-refractivity contribution in [3.8, 4) is 0 Å². The molecule has 1 aliphatic heterocycles. The third kappa shape index (κ3) is 6.57. The van der Waals surface area contributed by atoms with E-state index in [1.165, 1.54) is 30.4 Å². The van der Waals surface area contributed by atoms with Gasteiger partial charge >= 0.3 is 0 Å². The Labute approximate surface area is 175 Å². The smallest absolute Gasteiger partial charge is 0.173 e. The lowest BCUT2D eigenvalue weighted by atomic mass is 9.94. The summed E-state index contributed by atoms with van der Waals surface area (Å²) in [4.78, 5) is 4.91. The number of anilines is 1. The van der Waals surface area contributed by atoms with Crippen LogP contribution in [0, 0.1) is 19.8 Å². The summed E-state index contributed by atoms with van der Waals surface area (Å²) >= 11 is 5.86. The van der Waals surface area contributed by atoms with Crippen LogP contribution >= 0.6 is 12.2 Å². The van der Waals surface area contributed by atoms with Crippen LogP contribution in [0.25, 0.3) is 0 Å². The van der Waals surface area contributed by atoms with Crippen molar-refractivity contribution in [2.75, 3.05) is 51.3 Å². The molecule has 1 atom stereocenters. The fourth-order valence-corrected chi connectivity index (χ4v) is 4.26. The van der Waals surface area contributed by atoms with Crippen molar-refractivity contribution < 1.29 is 4.74 Å². The predicted octanol–water partition coefficient (Wildman–Crippen LogP) is 4.38. The quantitative estimate of drug-likeness (QED) is 0.541. The van der Waals surface area contributed by atoms with Crippen LogP contribution in [0.1, 0.15) is 36.8 Å². The highest BCUT2D eigenvalue weighted by Gasteiger charge is 2.18. The van der Waals surface area contributed by atoms with Crippen LogP contribution in [0.5, 0.6) is 0 Å². The molecular weight excluding hydrogens is 366 g/mol. The van der Waals surface area contributed by atoms with Gasteiger partial charge in [-0.05, 0) is 74.9 Å². The first-order valence-corrected chi connectivity index (χ1v) is 11.1. The summed E-state index contributed by atoms with van der Waals surface area (Å²) in [6.07, 6.45) is 9.42. The summed E-state index contributed by atoms with van der Waals surface area (Å²) in [5, 5.41) is 4.40. The summed E-state index contributed by atoms with van der Waals surface area (Å²) in [6.45, 7) is 11.3. The first kappa shape index (κ1) is 21.3. The van der Waals surface area contributed by atoms with Crippen molar-refractivity contribution in [3.63, 3.8) is 0 Å². The highest BCUT2D eigenvalue weighted by Crippen LogP contribution is 2.21. The number of ether oxygens (including phenoxy) is 1. The maximum absolute atomic E-state index is 5.86. The molecule has 154 valence electrons. The Balaban J connectivity index is 1.59. The molecule has 0 amide bonds. The third-order valence-corrected chi connectivity index (χ3v) is 6.14. The number of benzene rings is 1. The number of rotatable bonds is 7. The largest absolute Gasteiger partial charge is 0.379 e. The van der Waals surface area contributed by atoms with Crippen LogP contribution in [0.15, 0.2) is 30.4 Å². The molecule has 1 aromatic rings. The summed E-state index contributed by atoms with van der Waals surface area (Å²) in [5.41, 5.74) is 3.63. The summed E-state index contributed by atoms with van der Waals surface area (Å²) in [7, 11) is 0. The molecule has 3 rings (SSSR count). The number of hydrogen-bond donors (Lipinski definition) is 1. The Morgan fingerprint density at radius 2 is 2.07 bits per heavy atom. The summed E-state index contributed by atoms with van der Waals surface area (Å²) in [5.74, 6) is 0.701. The third-order valence-electron chi connectivity index (χ3n) is 5.78. The van der Waals surface area contributed by atoms with Crippen LogP contribution in [0.3, 0.4) is 0 Å². The molecule has 5 heteroatoms. The molecule has 1 fully saturated rings. The van der Waals surface area contributed by atoms with Crippen LogP contribution in [0.4, 0.5) is 5.69 Å². The van der Waals surface area contributed by atoms with Crippen LogP contribution in [-0.2, 0) is 4.74 Å². The maximum atomic E-state index is 5.86. The SMILES string of the molecule is Cc1ccc(C)c(NC(=S)N(CCCN2CCOCC2)CC2CC=CCC2)c1. The van der Waals surface area contributed by atoms with E-state index in [4.69, 9.17) is 17.0 Å². The van der Waals surface area contributed by atoms with Gasteiger partial charge in [0.2, 0.25) is 0 Å². The second-order valence-corrected chi connectivity index (χ2v) is 8.54. The monoisotopic (exact) mass is 401 g/mol. The van der Waals surface area contributed by atoms with Crippen molar-refractivity contribution in [3.05, 3.63) is 41.5 Å². The van der Waals surface area contributed by atoms with Crippen molar-refractivity contribution in [2.24, 2.45) is 5.92 Å². The molecule has 0 aromatic heterocycles. The van der Waals surface area contributed by atoms with Crippen molar-refractivity contribution in [1.29, 1.82) is 0 Å². The second-order valence-electron chi connectivity index (χ2n) is 8.15. The molecule has 1 unspecified atom stereocenters. The molecule has 1 N–H and O–H groups in total. The van der Waals surface area contributed by atoms with E-state index in [1.807, 2.05) is 0 Å². The Hall–Kier alpha value is -1.43. The minimum absolute atomic E-state index is 0.701. The number of nitrogens with zero attached hydrogens (tertiary/aromatic N) is 2. The molecule has 28 heavy (non-hydrogen) atoms. The van der Waals surface area contributed by atoms with Gasteiger partial charge < -0.3 is 15.0 Å². The predicted molar refractivity (Wildman–Crippen MR) is 122 cm³/mol. The topological polar surface area (TPSA) is 27.7 Å². The Morgan fingerprint density at radius 3 is 2.82 bits per heavy atom. The molecule has 0 bridgehead atoms. The summed E-state index contributed by atoms with van der Waals surface area (Å²) < 4.78 is 5.46. The van der Waals surface area contributed by atoms with Gasteiger partial charge in [0.15, 0.2) is 5.11 Å². The number of allylic oxidation sites excluding steroid dienone is 2. The van der Waals surface area contributed by atoms with Gasteiger partial charge in [0, 0.05) is 38.4 Å². The van der Waals surface area contributed by atoms with E-state index in [0.717, 1.165) is 63.2 Å². The Kier molecular flexibility index (Phi) is 8.31. The zero-order valence-corrected chi connectivity index (χ0v) is 18.3. The number of aryl methyl sites for hydroxylation is 2. The van der Waals surface area contributed by atoms with Crippen LogP contribution in [-0.4, -0.2) is 60.8 Å². The lowest BCUT2D eigenvalue weighted by Gasteiger charge is -2.32. The molecule has 1 saturated heterocycles. The minimum Gasteiger partial charge on any atom is -0.379 e. The lowest BCUT2D eigenvalue weighted by molar-refractivity contribution is 0.0367. The first-order chi connectivity index (χ1) is 13.6. The molecular formula is C23H35N3OS. The van der Waals surface area contributed by atoms with E-state index >= 15 is 0 Å². The normalized spacial score (nSPS) is 20.1.